The van der Waals surface area contributed by atoms with Crippen LogP contribution in [0.3, 0.4) is 0 Å². The maximum atomic E-state index is 5.77. The number of anilines is 1. The van der Waals surface area contributed by atoms with Crippen LogP contribution in [-0.4, -0.2) is 15.0 Å². The molecule has 4 aromatic rings. The Balaban J connectivity index is 2.00. The minimum absolute atomic E-state index is 0.536. The first-order chi connectivity index (χ1) is 9.31. The Bertz CT molecular complexity index is 885. The zero-order chi connectivity index (χ0) is 12.8. The van der Waals surface area contributed by atoms with Crippen LogP contribution in [0.1, 0.15) is 0 Å². The minimum atomic E-state index is 0.536. The molecule has 0 aliphatic rings. The van der Waals surface area contributed by atoms with Gasteiger partial charge in [-0.05, 0) is 29.1 Å². The van der Waals surface area contributed by atoms with Gasteiger partial charge in [-0.25, -0.2) is 4.98 Å². The molecule has 0 bridgehead atoms. The molecule has 92 valence electrons. The molecule has 0 aliphatic heterocycles. The van der Waals surface area contributed by atoms with Crippen molar-refractivity contribution >= 4 is 27.6 Å². The zero-order valence-electron chi connectivity index (χ0n) is 10.1. The average Bonchev–Trinajstić information content (AvgIpc) is 3.03. The maximum absolute atomic E-state index is 5.77. The first kappa shape index (κ1) is 10.2. The third-order valence-corrected chi connectivity index (χ3v) is 3.45. The van der Waals surface area contributed by atoms with E-state index in [1.54, 1.807) is 6.20 Å². The Labute approximate surface area is 109 Å². The fraction of sp³-hybridized carbons (Fsp3) is 0. The van der Waals surface area contributed by atoms with Crippen molar-refractivity contribution in [1.82, 2.24) is 15.0 Å². The molecule has 0 saturated heterocycles. The summed E-state index contributed by atoms with van der Waals surface area (Å²) in [4.78, 5) is 10.6. The van der Waals surface area contributed by atoms with Gasteiger partial charge in [0.2, 0.25) is 0 Å². The third kappa shape index (κ3) is 1.50. The van der Waals surface area contributed by atoms with Gasteiger partial charge in [0.15, 0.2) is 0 Å². The molecule has 0 saturated carbocycles. The molecule has 19 heavy (non-hydrogen) atoms. The van der Waals surface area contributed by atoms with Gasteiger partial charge in [-0.15, -0.1) is 0 Å². The number of nitrogens with zero attached hydrogens (tertiary/aromatic N) is 1. The fourth-order valence-electron chi connectivity index (χ4n) is 2.49. The highest BCUT2D eigenvalue weighted by molar-refractivity contribution is 5.98. The van der Waals surface area contributed by atoms with Crippen LogP contribution in [0.5, 0.6) is 0 Å². The predicted octanol–water partition coefficient (Wildman–Crippen LogP) is 3.29. The van der Waals surface area contributed by atoms with Crippen LogP contribution in [0.15, 0.2) is 48.9 Å². The summed E-state index contributed by atoms with van der Waals surface area (Å²) in [5.74, 6) is 0.536. The summed E-state index contributed by atoms with van der Waals surface area (Å²) in [6, 6.07) is 10.4. The Morgan fingerprint density at radius 1 is 1.00 bits per heavy atom. The number of nitrogens with one attached hydrogen (secondary N) is 2. The third-order valence-electron chi connectivity index (χ3n) is 3.45. The molecular formula is C15H12N4. The highest BCUT2D eigenvalue weighted by Crippen LogP contribution is 2.30. The molecule has 0 atom stereocenters. The predicted molar refractivity (Wildman–Crippen MR) is 77.8 cm³/mol. The quantitative estimate of drug-likeness (QED) is 0.483. The van der Waals surface area contributed by atoms with E-state index in [0.717, 1.165) is 27.5 Å². The van der Waals surface area contributed by atoms with Gasteiger partial charge in [-0.2, -0.15) is 0 Å². The zero-order valence-corrected chi connectivity index (χ0v) is 10.1. The standard InChI is InChI=1S/C15H12N4/c16-15-6-11-12(7-18-14(11)8-19-15)10-2-1-9-3-4-17-13(9)5-10/h1-8,17-18H,(H2,16,19). The molecule has 4 heteroatoms. The normalized spacial score (nSPS) is 11.4. The van der Waals surface area contributed by atoms with Crippen LogP contribution in [-0.2, 0) is 0 Å². The topological polar surface area (TPSA) is 70.5 Å². The highest BCUT2D eigenvalue weighted by atomic mass is 14.8. The lowest BCUT2D eigenvalue weighted by atomic mass is 10.0. The van der Waals surface area contributed by atoms with Crippen LogP contribution >= 0.6 is 0 Å². The molecule has 3 aromatic heterocycles. The smallest absolute Gasteiger partial charge is 0.124 e. The molecule has 0 spiro atoms. The number of hydrogen-bond acceptors (Lipinski definition) is 2. The summed E-state index contributed by atoms with van der Waals surface area (Å²) in [6.07, 6.45) is 5.71. The van der Waals surface area contributed by atoms with E-state index >= 15 is 0 Å². The van der Waals surface area contributed by atoms with Gasteiger partial charge < -0.3 is 15.7 Å². The van der Waals surface area contributed by atoms with Gasteiger partial charge >= 0.3 is 0 Å². The largest absolute Gasteiger partial charge is 0.384 e. The molecule has 3 heterocycles. The maximum Gasteiger partial charge on any atom is 0.124 e. The summed E-state index contributed by atoms with van der Waals surface area (Å²) in [7, 11) is 0. The molecule has 0 fully saturated rings. The van der Waals surface area contributed by atoms with Crippen molar-refractivity contribution in [1.29, 1.82) is 0 Å². The molecular weight excluding hydrogens is 236 g/mol. The van der Waals surface area contributed by atoms with E-state index in [1.807, 2.05) is 18.5 Å². The van der Waals surface area contributed by atoms with Crippen LogP contribution in [0.2, 0.25) is 0 Å². The van der Waals surface area contributed by atoms with Gasteiger partial charge in [-0.1, -0.05) is 12.1 Å². The SMILES string of the molecule is Nc1cc2c(-c3ccc4cc[nH]c4c3)c[nH]c2cn1. The molecule has 4 N–H and O–H groups in total. The minimum Gasteiger partial charge on any atom is -0.384 e. The lowest BCUT2D eigenvalue weighted by Crippen LogP contribution is -1.88. The summed E-state index contributed by atoms with van der Waals surface area (Å²) in [5, 5.41) is 2.31. The summed E-state index contributed by atoms with van der Waals surface area (Å²) >= 11 is 0. The molecule has 0 radical (unpaired) electrons. The first-order valence-electron chi connectivity index (χ1n) is 6.11. The van der Waals surface area contributed by atoms with Gasteiger partial charge in [0.25, 0.3) is 0 Å². The monoisotopic (exact) mass is 248 g/mol. The van der Waals surface area contributed by atoms with Crippen molar-refractivity contribution in [2.75, 3.05) is 5.73 Å². The second-order valence-corrected chi connectivity index (χ2v) is 4.64. The number of fused-ring (bicyclic) bond motifs is 2. The van der Waals surface area contributed by atoms with E-state index in [4.69, 9.17) is 5.73 Å². The summed E-state index contributed by atoms with van der Waals surface area (Å²) in [6.45, 7) is 0. The Morgan fingerprint density at radius 2 is 1.95 bits per heavy atom. The van der Waals surface area contributed by atoms with Crippen molar-refractivity contribution in [3.8, 4) is 11.1 Å². The number of nitrogen functional groups attached to an aromatic ring is 1. The lowest BCUT2D eigenvalue weighted by molar-refractivity contribution is 1.34. The van der Waals surface area contributed by atoms with Crippen LogP contribution in [0.25, 0.3) is 32.9 Å². The fourth-order valence-corrected chi connectivity index (χ4v) is 2.49. The van der Waals surface area contributed by atoms with Gasteiger partial charge in [0, 0.05) is 28.9 Å². The number of rotatable bonds is 1. The molecule has 4 rings (SSSR count). The number of aromatic amines is 2. The Hall–Kier alpha value is -2.75. The van der Waals surface area contributed by atoms with Gasteiger partial charge in [0.05, 0.1) is 11.7 Å². The van der Waals surface area contributed by atoms with Crippen LogP contribution in [0, 0.1) is 0 Å². The number of H-pyrrole nitrogens is 2. The number of nitrogens with two attached hydrogens (primary N) is 1. The number of aromatic nitrogens is 3. The van der Waals surface area contributed by atoms with Gasteiger partial charge in [0.1, 0.15) is 5.82 Å². The molecule has 4 nitrogen and oxygen atoms in total. The molecule has 0 aliphatic carbocycles. The van der Waals surface area contributed by atoms with E-state index in [2.05, 4.69) is 39.2 Å². The van der Waals surface area contributed by atoms with E-state index < -0.39 is 0 Å². The van der Waals surface area contributed by atoms with Crippen molar-refractivity contribution in [2.24, 2.45) is 0 Å². The number of pyridine rings is 1. The van der Waals surface area contributed by atoms with Crippen molar-refractivity contribution < 1.29 is 0 Å². The molecule has 0 amide bonds. The van der Waals surface area contributed by atoms with E-state index in [-0.39, 0.29) is 0 Å². The number of benzene rings is 1. The van der Waals surface area contributed by atoms with Crippen molar-refractivity contribution in [3.05, 3.63) is 48.9 Å². The molecule has 0 unspecified atom stereocenters. The highest BCUT2D eigenvalue weighted by Gasteiger charge is 2.07. The Morgan fingerprint density at radius 3 is 2.89 bits per heavy atom. The van der Waals surface area contributed by atoms with Gasteiger partial charge in [-0.3, -0.25) is 0 Å². The summed E-state index contributed by atoms with van der Waals surface area (Å²) < 4.78 is 0. The average molecular weight is 248 g/mol. The first-order valence-corrected chi connectivity index (χ1v) is 6.11. The van der Waals surface area contributed by atoms with E-state index in [0.29, 0.717) is 5.82 Å². The second-order valence-electron chi connectivity index (χ2n) is 4.64. The van der Waals surface area contributed by atoms with Crippen LogP contribution < -0.4 is 5.73 Å². The number of hydrogen-bond donors (Lipinski definition) is 3. The lowest BCUT2D eigenvalue weighted by Gasteiger charge is -2.01. The Kier molecular flexibility index (Phi) is 1.94. The van der Waals surface area contributed by atoms with Crippen LogP contribution in [0.4, 0.5) is 5.82 Å². The van der Waals surface area contributed by atoms with E-state index in [9.17, 15) is 0 Å². The second kappa shape index (κ2) is 3.62. The van der Waals surface area contributed by atoms with Crippen molar-refractivity contribution in [2.45, 2.75) is 0 Å². The van der Waals surface area contributed by atoms with E-state index in [1.165, 1.54) is 5.39 Å². The van der Waals surface area contributed by atoms with Crippen molar-refractivity contribution in [3.63, 3.8) is 0 Å². The molecule has 1 aromatic carbocycles. The summed E-state index contributed by atoms with van der Waals surface area (Å²) in [5.41, 5.74) is 10.2.